The van der Waals surface area contributed by atoms with E-state index in [1.165, 1.54) is 6.92 Å². The summed E-state index contributed by atoms with van der Waals surface area (Å²) in [6.45, 7) is 8.20. The molecule has 0 aliphatic heterocycles. The van der Waals surface area contributed by atoms with Crippen molar-refractivity contribution in [3.63, 3.8) is 0 Å². The number of rotatable bonds is 5. The summed E-state index contributed by atoms with van der Waals surface area (Å²) in [5.74, 6) is -1.03. The van der Waals surface area contributed by atoms with Gasteiger partial charge in [0, 0.05) is 11.6 Å². The van der Waals surface area contributed by atoms with Crippen LogP contribution >= 0.6 is 0 Å². The van der Waals surface area contributed by atoms with Crippen LogP contribution in [0.3, 0.4) is 0 Å². The number of ether oxygens (including phenoxy) is 2. The molecule has 4 nitrogen and oxygen atoms in total. The topological polar surface area (TPSA) is 52.6 Å². The van der Waals surface area contributed by atoms with Crippen molar-refractivity contribution >= 4 is 41.5 Å². The average Bonchev–Trinajstić information content (AvgIpc) is 2.11. The fourth-order valence-corrected chi connectivity index (χ4v) is 0.459. The van der Waals surface area contributed by atoms with Gasteiger partial charge in [-0.15, -0.1) is 0 Å². The van der Waals surface area contributed by atoms with Crippen molar-refractivity contribution in [2.24, 2.45) is 0 Å². The van der Waals surface area contributed by atoms with Crippen LogP contribution < -0.4 is 0 Å². The Kier molecular flexibility index (Phi) is 10.2. The second kappa shape index (κ2) is 8.99. The molecule has 0 heterocycles. The van der Waals surface area contributed by atoms with E-state index >= 15 is 0 Å². The van der Waals surface area contributed by atoms with Crippen LogP contribution in [0, 0.1) is 0 Å². The molecule has 14 heavy (non-hydrogen) atoms. The Hall–Kier alpha value is -0.580. The summed E-state index contributed by atoms with van der Waals surface area (Å²) in [4.78, 5) is 21.3. The molecule has 0 N–H and O–H groups in total. The van der Waals surface area contributed by atoms with Crippen LogP contribution in [0.25, 0.3) is 0 Å². The molecule has 5 heteroatoms. The minimum atomic E-state index is -0.536. The summed E-state index contributed by atoms with van der Waals surface area (Å²) >= 11 is 0. The first-order chi connectivity index (χ1) is 6.07. The molecule has 0 aromatic carbocycles. The SMILES string of the molecule is C=CC(=O)OCCOC(=O)C(=C)C.[NaH]. The average molecular weight is 208 g/mol. The van der Waals surface area contributed by atoms with E-state index in [1.54, 1.807) is 0 Å². The van der Waals surface area contributed by atoms with Gasteiger partial charge in [-0.3, -0.25) is 0 Å². The van der Waals surface area contributed by atoms with Crippen molar-refractivity contribution in [1.29, 1.82) is 0 Å². The summed E-state index contributed by atoms with van der Waals surface area (Å²) in [5, 5.41) is 0. The Bertz CT molecular complexity index is 235. The van der Waals surface area contributed by atoms with Crippen molar-refractivity contribution in [3.05, 3.63) is 24.8 Å². The third kappa shape index (κ3) is 8.04. The fraction of sp³-hybridized carbons (Fsp3) is 0.333. The zero-order valence-electron chi connectivity index (χ0n) is 7.54. The Labute approximate surface area is 105 Å². The van der Waals surface area contributed by atoms with Gasteiger partial charge in [-0.25, -0.2) is 9.59 Å². The Morgan fingerprint density at radius 1 is 1.29 bits per heavy atom. The Morgan fingerprint density at radius 2 is 1.79 bits per heavy atom. The van der Waals surface area contributed by atoms with Gasteiger partial charge < -0.3 is 9.47 Å². The maximum absolute atomic E-state index is 10.8. The van der Waals surface area contributed by atoms with Crippen LogP contribution in [0.2, 0.25) is 0 Å². The first-order valence-corrected chi connectivity index (χ1v) is 3.69. The molecule has 0 atom stereocenters. The molecule has 0 amide bonds. The molecule has 0 aromatic heterocycles. The molecule has 74 valence electrons. The number of carbonyl (C=O) groups excluding carboxylic acids is 2. The quantitative estimate of drug-likeness (QED) is 0.280. The van der Waals surface area contributed by atoms with E-state index in [1.807, 2.05) is 0 Å². The molecular weight excluding hydrogens is 195 g/mol. The van der Waals surface area contributed by atoms with E-state index in [0.717, 1.165) is 6.08 Å². The molecule has 0 aromatic rings. The molecule has 0 aliphatic carbocycles. The van der Waals surface area contributed by atoms with Gasteiger partial charge in [-0.1, -0.05) is 13.2 Å². The predicted octanol–water partition coefficient (Wildman–Crippen LogP) is 0.186. The van der Waals surface area contributed by atoms with Crippen molar-refractivity contribution < 1.29 is 19.1 Å². The van der Waals surface area contributed by atoms with E-state index in [9.17, 15) is 9.59 Å². The second-order valence-corrected chi connectivity index (χ2v) is 2.29. The van der Waals surface area contributed by atoms with E-state index in [4.69, 9.17) is 0 Å². The van der Waals surface area contributed by atoms with Gasteiger partial charge in [-0.2, -0.15) is 0 Å². The summed E-state index contributed by atoms with van der Waals surface area (Å²) in [5.41, 5.74) is 0.315. The van der Waals surface area contributed by atoms with Crippen LogP contribution in [0.1, 0.15) is 6.92 Å². The molecule has 0 saturated heterocycles. The van der Waals surface area contributed by atoms with E-state index in [0.29, 0.717) is 5.57 Å². The molecule has 0 unspecified atom stereocenters. The van der Waals surface area contributed by atoms with Gasteiger partial charge >= 0.3 is 41.5 Å². The third-order valence-corrected chi connectivity index (χ3v) is 1.08. The first-order valence-electron chi connectivity index (χ1n) is 3.69. The molecule has 0 spiro atoms. The van der Waals surface area contributed by atoms with E-state index in [2.05, 4.69) is 22.6 Å². The summed E-state index contributed by atoms with van der Waals surface area (Å²) in [7, 11) is 0. The van der Waals surface area contributed by atoms with E-state index in [-0.39, 0.29) is 42.8 Å². The number of esters is 2. The normalized spacial score (nSPS) is 8.07. The van der Waals surface area contributed by atoms with Crippen molar-refractivity contribution in [2.45, 2.75) is 6.92 Å². The number of hydrogen-bond acceptors (Lipinski definition) is 4. The van der Waals surface area contributed by atoms with Crippen LogP contribution in [-0.4, -0.2) is 54.7 Å². The zero-order chi connectivity index (χ0) is 10.3. The molecule has 0 bridgehead atoms. The Morgan fingerprint density at radius 3 is 2.21 bits per heavy atom. The van der Waals surface area contributed by atoms with Crippen LogP contribution in [0.15, 0.2) is 24.8 Å². The molecule has 0 aliphatic rings. The molecule has 0 radical (unpaired) electrons. The zero-order valence-corrected chi connectivity index (χ0v) is 7.54. The minimum absolute atomic E-state index is 0. The fourth-order valence-electron chi connectivity index (χ4n) is 0.459. The summed E-state index contributed by atoms with van der Waals surface area (Å²) in [6.07, 6.45) is 1.04. The van der Waals surface area contributed by atoms with E-state index < -0.39 is 11.9 Å². The van der Waals surface area contributed by atoms with Crippen molar-refractivity contribution in [2.75, 3.05) is 13.2 Å². The molecular formula is C9H13NaO4. The van der Waals surface area contributed by atoms with Gasteiger partial charge in [0.1, 0.15) is 13.2 Å². The van der Waals surface area contributed by atoms with Gasteiger partial charge in [0.05, 0.1) is 0 Å². The first kappa shape index (κ1) is 15.9. The number of hydrogen-bond donors (Lipinski definition) is 0. The van der Waals surface area contributed by atoms with Crippen molar-refractivity contribution in [1.82, 2.24) is 0 Å². The molecule has 0 rings (SSSR count). The molecule has 0 fully saturated rings. The summed E-state index contributed by atoms with van der Waals surface area (Å²) in [6, 6.07) is 0. The Balaban J connectivity index is 0. The second-order valence-electron chi connectivity index (χ2n) is 2.29. The van der Waals surface area contributed by atoms with Crippen LogP contribution in [0.4, 0.5) is 0 Å². The monoisotopic (exact) mass is 208 g/mol. The molecule has 0 saturated carbocycles. The van der Waals surface area contributed by atoms with Crippen molar-refractivity contribution in [3.8, 4) is 0 Å². The number of carbonyl (C=O) groups is 2. The van der Waals surface area contributed by atoms with Gasteiger partial charge in [0.2, 0.25) is 0 Å². The van der Waals surface area contributed by atoms with Crippen LogP contribution in [-0.2, 0) is 19.1 Å². The van der Waals surface area contributed by atoms with Crippen LogP contribution in [0.5, 0.6) is 0 Å². The van der Waals surface area contributed by atoms with Gasteiger partial charge in [-0.05, 0) is 6.92 Å². The third-order valence-electron chi connectivity index (χ3n) is 1.08. The maximum atomic E-state index is 10.8. The van der Waals surface area contributed by atoms with Gasteiger partial charge in [0.25, 0.3) is 0 Å². The standard InChI is InChI=1S/C9H12O4.Na.H/c1-4-8(10)12-5-6-13-9(11)7(2)3;;/h4H,1-2,5-6H2,3H3;;. The van der Waals surface area contributed by atoms with Gasteiger partial charge in [0.15, 0.2) is 0 Å². The predicted molar refractivity (Wildman–Crippen MR) is 54.1 cm³/mol. The summed E-state index contributed by atoms with van der Waals surface area (Å²) < 4.78 is 9.21.